The number of fused-ring (bicyclic) bond motifs is 1. The van der Waals surface area contributed by atoms with E-state index >= 15 is 0 Å². The van der Waals surface area contributed by atoms with Crippen LogP contribution in [-0.4, -0.2) is 20.9 Å². The Morgan fingerprint density at radius 1 is 1.03 bits per heavy atom. The zero-order valence-electron chi connectivity index (χ0n) is 16.4. The summed E-state index contributed by atoms with van der Waals surface area (Å²) < 4.78 is 49.1. The highest BCUT2D eigenvalue weighted by Crippen LogP contribution is 2.34. The van der Waals surface area contributed by atoms with Crippen LogP contribution >= 0.6 is 0 Å². The molecule has 0 unspecified atom stereocenters. The fourth-order valence-corrected chi connectivity index (χ4v) is 3.00. The van der Waals surface area contributed by atoms with Crippen LogP contribution in [0.5, 0.6) is 11.6 Å². The zero-order valence-corrected chi connectivity index (χ0v) is 16.4. The Labute approximate surface area is 174 Å². The fraction of sp³-hybridized carbons (Fsp3) is 0.0952. The molecule has 0 bridgehead atoms. The van der Waals surface area contributed by atoms with Gasteiger partial charge in [0.25, 0.3) is 5.88 Å². The number of H-pyrrole nitrogens is 1. The number of nitrogens with one attached hydrogen (secondary N) is 3. The molecule has 0 aliphatic heterocycles. The van der Waals surface area contributed by atoms with Crippen molar-refractivity contribution in [2.45, 2.75) is 13.8 Å². The second-order valence-electron chi connectivity index (χ2n) is 6.74. The van der Waals surface area contributed by atoms with Gasteiger partial charge in [-0.2, -0.15) is 9.37 Å². The van der Waals surface area contributed by atoms with Crippen LogP contribution < -0.4 is 15.4 Å². The third-order valence-electron chi connectivity index (χ3n) is 4.33. The Morgan fingerprint density at radius 2 is 1.74 bits per heavy atom. The SMILES string of the molecule is CC(=O)Nc1ccc(Nc2ncnc(Oc3cc(F)c4[nH]c(C)cc4c3F)c2F)cc1. The van der Waals surface area contributed by atoms with Crippen LogP contribution in [-0.2, 0) is 4.79 Å². The standard InChI is InChI=1S/C21H16F3N5O2/c1-10-7-14-17(23)16(8-15(22)19(14)27-10)31-21-18(24)20(25-9-26-21)29-13-5-3-12(4-6-13)28-11(2)30/h3-9,27H,1-2H3,(H,28,30)(H,25,26,29). The van der Waals surface area contributed by atoms with E-state index in [2.05, 4.69) is 25.6 Å². The van der Waals surface area contributed by atoms with Gasteiger partial charge in [0.05, 0.1) is 5.52 Å². The molecule has 3 N–H and O–H groups in total. The minimum Gasteiger partial charge on any atom is -0.433 e. The first-order chi connectivity index (χ1) is 14.8. The summed E-state index contributed by atoms with van der Waals surface area (Å²) in [6, 6.07) is 8.69. The van der Waals surface area contributed by atoms with E-state index in [-0.39, 0.29) is 22.6 Å². The lowest BCUT2D eigenvalue weighted by atomic mass is 10.2. The van der Waals surface area contributed by atoms with Gasteiger partial charge < -0.3 is 20.4 Å². The van der Waals surface area contributed by atoms with Gasteiger partial charge in [-0.25, -0.2) is 13.8 Å². The molecule has 0 saturated carbocycles. The first-order valence-electron chi connectivity index (χ1n) is 9.12. The number of halogens is 3. The van der Waals surface area contributed by atoms with Crippen LogP contribution in [0.1, 0.15) is 12.6 Å². The van der Waals surface area contributed by atoms with Gasteiger partial charge in [-0.05, 0) is 37.3 Å². The molecule has 158 valence electrons. The van der Waals surface area contributed by atoms with Gasteiger partial charge in [-0.15, -0.1) is 0 Å². The molecule has 0 spiro atoms. The first-order valence-corrected chi connectivity index (χ1v) is 9.12. The molecule has 4 aromatic rings. The molecule has 0 fully saturated rings. The lowest BCUT2D eigenvalue weighted by Crippen LogP contribution is -2.05. The predicted octanol–water partition coefficient (Wildman–Crippen LogP) is 5.18. The van der Waals surface area contributed by atoms with E-state index in [1.165, 1.54) is 13.0 Å². The van der Waals surface area contributed by atoms with Crippen molar-refractivity contribution >= 4 is 34.0 Å². The molecule has 10 heteroatoms. The predicted molar refractivity (Wildman–Crippen MR) is 109 cm³/mol. The number of amides is 1. The smallest absolute Gasteiger partial charge is 0.261 e. The summed E-state index contributed by atoms with van der Waals surface area (Å²) >= 11 is 0. The Bertz CT molecular complexity index is 1290. The van der Waals surface area contributed by atoms with Crippen molar-refractivity contribution in [2.75, 3.05) is 10.6 Å². The third kappa shape index (κ3) is 4.13. The van der Waals surface area contributed by atoms with Crippen LogP contribution in [0, 0.1) is 24.4 Å². The van der Waals surface area contributed by atoms with Crippen molar-refractivity contribution in [1.29, 1.82) is 0 Å². The summed E-state index contributed by atoms with van der Waals surface area (Å²) in [6.07, 6.45) is 1.03. The van der Waals surface area contributed by atoms with Gasteiger partial charge in [0, 0.05) is 35.4 Å². The fourth-order valence-electron chi connectivity index (χ4n) is 3.00. The highest BCUT2D eigenvalue weighted by Gasteiger charge is 2.20. The van der Waals surface area contributed by atoms with Crippen LogP contribution in [0.2, 0.25) is 0 Å². The number of aromatic nitrogens is 3. The average Bonchev–Trinajstić information content (AvgIpc) is 3.12. The molecule has 7 nitrogen and oxygen atoms in total. The van der Waals surface area contributed by atoms with E-state index in [4.69, 9.17) is 4.74 Å². The number of anilines is 3. The third-order valence-corrected chi connectivity index (χ3v) is 4.33. The first kappa shape index (κ1) is 20.2. The monoisotopic (exact) mass is 427 g/mol. The molecule has 0 aliphatic rings. The summed E-state index contributed by atoms with van der Waals surface area (Å²) in [5.74, 6) is -4.10. The zero-order chi connectivity index (χ0) is 22.1. The van der Waals surface area contributed by atoms with Crippen LogP contribution in [0.3, 0.4) is 0 Å². The van der Waals surface area contributed by atoms with Crippen molar-refractivity contribution in [3.63, 3.8) is 0 Å². The summed E-state index contributed by atoms with van der Waals surface area (Å²) in [6.45, 7) is 3.04. The largest absolute Gasteiger partial charge is 0.433 e. The van der Waals surface area contributed by atoms with E-state index in [1.807, 2.05) is 0 Å². The van der Waals surface area contributed by atoms with Gasteiger partial charge in [-0.3, -0.25) is 4.79 Å². The molecule has 0 aliphatic carbocycles. The number of aryl methyl sites for hydroxylation is 1. The van der Waals surface area contributed by atoms with Gasteiger partial charge in [0.2, 0.25) is 11.7 Å². The highest BCUT2D eigenvalue weighted by molar-refractivity contribution is 5.88. The number of rotatable bonds is 5. The molecule has 2 aromatic carbocycles. The van der Waals surface area contributed by atoms with E-state index in [1.54, 1.807) is 31.2 Å². The van der Waals surface area contributed by atoms with Crippen molar-refractivity contribution < 1.29 is 22.7 Å². The van der Waals surface area contributed by atoms with Crippen molar-refractivity contribution in [3.8, 4) is 11.6 Å². The summed E-state index contributed by atoms with van der Waals surface area (Å²) in [4.78, 5) is 21.3. The van der Waals surface area contributed by atoms with Gasteiger partial charge in [-0.1, -0.05) is 0 Å². The summed E-state index contributed by atoms with van der Waals surface area (Å²) in [5.41, 5.74) is 1.60. The van der Waals surface area contributed by atoms with E-state index in [0.29, 0.717) is 17.1 Å². The minimum atomic E-state index is -0.987. The number of aromatic amines is 1. The molecule has 2 heterocycles. The number of carbonyl (C=O) groups is 1. The van der Waals surface area contributed by atoms with Gasteiger partial charge in [0.15, 0.2) is 23.2 Å². The normalized spacial score (nSPS) is 10.9. The number of nitrogens with zero attached hydrogens (tertiary/aromatic N) is 2. The highest BCUT2D eigenvalue weighted by atomic mass is 19.1. The second kappa shape index (κ2) is 7.98. The lowest BCUT2D eigenvalue weighted by molar-refractivity contribution is -0.114. The van der Waals surface area contributed by atoms with Crippen LogP contribution in [0.25, 0.3) is 10.9 Å². The number of carbonyl (C=O) groups excluding carboxylic acids is 1. The van der Waals surface area contributed by atoms with Crippen LogP contribution in [0.15, 0.2) is 42.7 Å². The topological polar surface area (TPSA) is 91.9 Å². The number of hydrogen-bond donors (Lipinski definition) is 3. The van der Waals surface area contributed by atoms with E-state index in [9.17, 15) is 18.0 Å². The maximum absolute atomic E-state index is 14.9. The summed E-state index contributed by atoms with van der Waals surface area (Å²) in [5, 5.41) is 5.34. The molecule has 0 atom stereocenters. The molecule has 4 rings (SSSR count). The quantitative estimate of drug-likeness (QED) is 0.408. The van der Waals surface area contributed by atoms with Crippen LogP contribution in [0.4, 0.5) is 30.4 Å². The molecular weight excluding hydrogens is 411 g/mol. The Hall–Kier alpha value is -4.08. The average molecular weight is 427 g/mol. The van der Waals surface area contributed by atoms with Crippen molar-refractivity contribution in [2.24, 2.45) is 0 Å². The Morgan fingerprint density at radius 3 is 2.45 bits per heavy atom. The maximum Gasteiger partial charge on any atom is 0.261 e. The number of hydrogen-bond acceptors (Lipinski definition) is 5. The van der Waals surface area contributed by atoms with Crippen molar-refractivity contribution in [1.82, 2.24) is 15.0 Å². The molecular formula is C21H16F3N5O2. The number of ether oxygens (including phenoxy) is 1. The molecule has 2 aromatic heterocycles. The molecule has 0 radical (unpaired) electrons. The Balaban J connectivity index is 1.60. The Kier molecular flexibility index (Phi) is 5.20. The van der Waals surface area contributed by atoms with Gasteiger partial charge in [0.1, 0.15) is 6.33 Å². The summed E-state index contributed by atoms with van der Waals surface area (Å²) in [7, 11) is 0. The molecule has 1 amide bonds. The number of benzene rings is 2. The van der Waals surface area contributed by atoms with Gasteiger partial charge >= 0.3 is 0 Å². The molecule has 31 heavy (non-hydrogen) atoms. The lowest BCUT2D eigenvalue weighted by Gasteiger charge is -2.11. The second-order valence-corrected chi connectivity index (χ2v) is 6.74. The minimum absolute atomic E-state index is 0.00410. The molecule has 0 saturated heterocycles. The van der Waals surface area contributed by atoms with E-state index in [0.717, 1.165) is 12.4 Å². The van der Waals surface area contributed by atoms with Crippen molar-refractivity contribution in [3.05, 3.63) is 65.9 Å². The maximum atomic E-state index is 14.9. The van der Waals surface area contributed by atoms with E-state index < -0.39 is 29.1 Å².